The summed E-state index contributed by atoms with van der Waals surface area (Å²) < 4.78 is 39.2. The number of nitro groups is 8. The van der Waals surface area contributed by atoms with Gasteiger partial charge < -0.3 is 80.4 Å². The summed E-state index contributed by atoms with van der Waals surface area (Å²) in [4.78, 5) is 164. The Morgan fingerprint density at radius 3 is 1.15 bits per heavy atom. The van der Waals surface area contributed by atoms with Crippen LogP contribution in [0.25, 0.3) is 0 Å². The summed E-state index contributed by atoms with van der Waals surface area (Å²) in [6, 6.07) is 15.4. The maximum Gasteiger partial charge on any atom is 0.412 e. The summed E-state index contributed by atoms with van der Waals surface area (Å²) in [5, 5.41) is 130. The van der Waals surface area contributed by atoms with Crippen LogP contribution in [0.2, 0.25) is 0 Å². The predicted octanol–water partition coefficient (Wildman–Crippen LogP) is 9.10. The zero-order valence-corrected chi connectivity index (χ0v) is 69.8. The molecule has 0 aliphatic carbocycles. The summed E-state index contributed by atoms with van der Waals surface area (Å²) in [7, 11) is 2.41. The zero-order chi connectivity index (χ0) is 96.7. The number of aromatic nitrogens is 8. The number of anilines is 4. The number of carboxylic acids is 2. The number of hydrogen-bond donors (Lipinski definition) is 12. The fraction of sp³-hybridized carbons (Fsp3) is 0.442. The van der Waals surface area contributed by atoms with Gasteiger partial charge in [0.15, 0.2) is 11.4 Å². The van der Waals surface area contributed by atoms with E-state index in [9.17, 15) is 114 Å². The van der Waals surface area contributed by atoms with Gasteiger partial charge in [-0.3, -0.25) is 121 Å². The van der Waals surface area contributed by atoms with Gasteiger partial charge in [-0.1, -0.05) is 56.7 Å². The molecule has 2 amide bonds. The number of carboxylic acid groups (broad SMARTS) is 2. The fourth-order valence-electron chi connectivity index (χ4n) is 10.4. The lowest BCUT2D eigenvalue weighted by molar-refractivity contribution is -0.422. The second kappa shape index (κ2) is 64.0. The molecule has 752 valence electrons. The molecule has 5 aliphatic heterocycles. The average molecular weight is 1930 g/mol. The minimum atomic E-state index is -1.38. The molecule has 16 N–H and O–H groups in total. The van der Waals surface area contributed by atoms with Crippen molar-refractivity contribution in [2.75, 3.05) is 155 Å². The molecule has 5 aliphatic rings. The maximum absolute atomic E-state index is 12.1. The first-order valence-electron chi connectivity index (χ1n) is 37.6. The van der Waals surface area contributed by atoms with E-state index in [2.05, 4.69) is 81.4 Å². The lowest BCUT2D eigenvalue weighted by atomic mass is 10.1. The van der Waals surface area contributed by atoms with Crippen molar-refractivity contribution >= 4 is 110 Å². The Bertz CT molecular complexity index is 5090. The van der Waals surface area contributed by atoms with Crippen LogP contribution < -0.4 is 33.7 Å². The highest BCUT2D eigenvalue weighted by Gasteiger charge is 2.31. The van der Waals surface area contributed by atoms with Crippen LogP contribution >= 0.6 is 0 Å². The molecule has 0 atom stereocenters. The van der Waals surface area contributed by atoms with Crippen molar-refractivity contribution in [2.45, 2.75) is 96.9 Å². The Labute approximate surface area is 775 Å². The number of H-pyrrole nitrogens is 4. The molecule has 4 aromatic heterocycles. The van der Waals surface area contributed by atoms with Gasteiger partial charge in [-0.15, -0.1) is 0 Å². The first kappa shape index (κ1) is 124. The van der Waals surface area contributed by atoms with Gasteiger partial charge in [0.1, 0.15) is 18.0 Å². The topological polar surface area (TPSA) is 841 Å². The lowest BCUT2D eigenvalue weighted by Crippen LogP contribution is -2.40. The van der Waals surface area contributed by atoms with Crippen LogP contribution in [0, 0.1) is 80.9 Å². The van der Waals surface area contributed by atoms with E-state index in [0.29, 0.717) is 74.8 Å². The molecule has 5 fully saturated rings. The van der Waals surface area contributed by atoms with Crippen molar-refractivity contribution in [2.24, 2.45) is 5.90 Å². The standard InChI is InChI=1S/C11H11N3O6.C11H13N3O5.C11H17N3O.C9H13N3O4.C7H4N2O6.C5H5N3O4.C5H7N3O2.C4H4N4O4.C4H9NO.C4H8O.6CH4/c15-11(12-3-5-20-6-4-12)8-1-2-9(13(16)17)10(7-8)14(18)19;15-13(16)10-2-1-9(7-11(10)14(17)18)8-12-3-5-19-6-4-12;12-10-2-1-9(7-11(10)13)8-14-3-5-15-6-4-14;1-9(2,3)16-8(15)11-5-4-10-12-6(5)7(13)14;10-7(11)4-1-2-5(8(12)13)6(3-4)9(14)15;1-12-5(9)4-3(8(10)11)2-6-7-4;1-10-5(9)4-3(6)2-7-8-4;5-12-4(9)3-2(8(10)11)1-6-7-3;1-3-6-4-2-5-1;1-2-4-5-3-1;;;;;;/h1-2,7H,3-6H2;1-2,7H,3-6,8H2;1-2,7H,3-6,8,12-13H2;4H,1-3H3,(H,10,12)(H,11,15)(H,13,14);1-3H,(H,10,11);2H,1H3,(H,6,7);2H,6H2,1H3,(H,7,8);1H,5H2,(H,6,7);5H,1-4H2;1-4H2;6*1H4. The van der Waals surface area contributed by atoms with Gasteiger partial charge >= 0.3 is 81.4 Å². The number of aromatic amines is 4. The minimum Gasteiger partial charge on any atom is -0.478 e. The minimum absolute atomic E-state index is 0. The van der Waals surface area contributed by atoms with E-state index in [-0.39, 0.29) is 89.8 Å². The van der Waals surface area contributed by atoms with E-state index < -0.39 is 127 Å². The van der Waals surface area contributed by atoms with Crippen LogP contribution in [0.4, 0.5) is 73.0 Å². The molecule has 0 spiro atoms. The van der Waals surface area contributed by atoms with Crippen LogP contribution in [0.1, 0.15) is 152 Å². The number of carbonyl (C=O) groups is 7. The summed E-state index contributed by atoms with van der Waals surface area (Å²) in [6.07, 6.45) is 6.23. The molecule has 5 saturated heterocycles. The lowest BCUT2D eigenvalue weighted by Gasteiger charge is -2.26. The van der Waals surface area contributed by atoms with Gasteiger partial charge in [0, 0.05) is 121 Å². The molecule has 0 saturated carbocycles. The van der Waals surface area contributed by atoms with Gasteiger partial charge in [0.05, 0.1) is 147 Å². The second-order valence-corrected chi connectivity index (χ2v) is 26.9. The molecule has 0 bridgehead atoms. The number of nitrogens with zero attached hydrogens (tertiary/aromatic N) is 15. The summed E-state index contributed by atoms with van der Waals surface area (Å²) in [5.41, 5.74) is 14.1. The number of benzene rings is 4. The number of aromatic carboxylic acids is 2. The van der Waals surface area contributed by atoms with Gasteiger partial charge in [-0.2, -0.15) is 26.3 Å². The highest BCUT2D eigenvalue weighted by Crippen LogP contribution is 2.31. The van der Waals surface area contributed by atoms with Crippen molar-refractivity contribution in [1.29, 1.82) is 0 Å². The van der Waals surface area contributed by atoms with Crippen molar-refractivity contribution in [3.63, 3.8) is 0 Å². The number of methoxy groups -OCH3 is 2. The number of nitrogens with one attached hydrogen (secondary N) is 6. The number of esters is 2. The van der Waals surface area contributed by atoms with Crippen LogP contribution in [-0.2, 0) is 55.8 Å². The molecule has 4 aromatic carbocycles. The summed E-state index contributed by atoms with van der Waals surface area (Å²) in [5.74, 6) is -0.811. The molecule has 13 rings (SSSR count). The monoisotopic (exact) mass is 1930 g/mol. The Kier molecular flexibility index (Phi) is 58.4. The molecular formula is C77H115N25O34. The summed E-state index contributed by atoms with van der Waals surface area (Å²) in [6.45, 7) is 20.4. The van der Waals surface area contributed by atoms with Gasteiger partial charge in [0.25, 0.3) is 5.91 Å². The normalized spacial score (nSPS) is 13.1. The third-order valence-electron chi connectivity index (χ3n) is 16.7. The van der Waals surface area contributed by atoms with Gasteiger partial charge in [-0.25, -0.2) is 28.8 Å². The van der Waals surface area contributed by atoms with Crippen LogP contribution in [0.5, 0.6) is 0 Å². The fourth-order valence-corrected chi connectivity index (χ4v) is 10.4. The Morgan fingerprint density at radius 1 is 0.419 bits per heavy atom. The van der Waals surface area contributed by atoms with E-state index in [1.165, 1.54) is 61.0 Å². The first-order valence-corrected chi connectivity index (χ1v) is 37.6. The SMILES string of the molecule is C.C.C.C.C.C.C1CCOC1.C1COCCN1.CC(C)(C)OC(=O)Nc1cn[nH]c1C(=O)O.COC(=O)c1[nH]ncc1N.COC(=O)c1[nH]ncc1[N+](=O)[O-].NOC(=O)c1[nH]ncc1[N+](=O)[O-].Nc1ccc(CN2CCOCC2)cc1N.O=C(O)c1ccc([N+](=O)[O-])c([N+](=O)[O-])c1.O=C(c1ccc([N+](=O)[O-])c([N+](=O)[O-])c1)N1CCOCC1.O=[N+]([O-])c1ccc(CN2CCOCC2)cc1[N+](=O)[O-]. The molecule has 59 nitrogen and oxygen atoms in total. The second-order valence-electron chi connectivity index (χ2n) is 26.9. The van der Waals surface area contributed by atoms with E-state index in [1.807, 2.05) is 18.2 Å². The Morgan fingerprint density at radius 2 is 0.779 bits per heavy atom. The largest absolute Gasteiger partial charge is 0.478 e. The van der Waals surface area contributed by atoms with Gasteiger partial charge in [-0.05, 0) is 69.0 Å². The van der Waals surface area contributed by atoms with E-state index in [1.54, 1.807) is 26.8 Å². The van der Waals surface area contributed by atoms with Crippen molar-refractivity contribution in [3.8, 4) is 0 Å². The average Bonchev–Trinajstić information content (AvgIpc) is 1.37. The number of rotatable bonds is 19. The maximum atomic E-state index is 12.1. The van der Waals surface area contributed by atoms with Crippen LogP contribution in [-0.4, -0.2) is 285 Å². The molecule has 136 heavy (non-hydrogen) atoms. The third-order valence-corrected chi connectivity index (χ3v) is 16.7. The first-order chi connectivity index (χ1) is 61.6. The molecule has 0 radical (unpaired) electrons. The van der Waals surface area contributed by atoms with Crippen LogP contribution in [0.15, 0.2) is 97.6 Å². The molecule has 8 aromatic rings. The third kappa shape index (κ3) is 43.0. The van der Waals surface area contributed by atoms with Crippen molar-refractivity contribution in [1.82, 2.24) is 60.8 Å². The van der Waals surface area contributed by atoms with Crippen LogP contribution in [0.3, 0.4) is 0 Å². The Balaban J connectivity index is -0.00000146. The number of nitrogen functional groups attached to an aromatic ring is 3. The highest BCUT2D eigenvalue weighted by atomic mass is 16.7. The van der Waals surface area contributed by atoms with Crippen molar-refractivity contribution < 1.29 is 126 Å². The smallest absolute Gasteiger partial charge is 0.412 e. The number of morpholine rings is 4. The van der Waals surface area contributed by atoms with E-state index >= 15 is 0 Å². The number of carbonyl (C=O) groups excluding carboxylic acids is 5. The number of nitrogens with two attached hydrogens (primary N) is 4. The predicted molar refractivity (Wildman–Crippen MR) is 486 cm³/mol. The molecular weight excluding hydrogens is 1820 g/mol. The number of hydrogen-bond acceptors (Lipinski definition) is 43. The number of ether oxygens (including phenoxy) is 8. The Hall–Kier alpha value is -16.0. The molecule has 0 unspecified atom stereocenters. The molecule has 9 heterocycles. The van der Waals surface area contributed by atoms with Crippen molar-refractivity contribution in [3.05, 3.63) is 224 Å². The van der Waals surface area contributed by atoms with E-state index in [4.69, 9.17) is 55.8 Å². The number of nitro benzene ring substituents is 6. The zero-order valence-electron chi connectivity index (χ0n) is 69.8. The summed E-state index contributed by atoms with van der Waals surface area (Å²) >= 11 is 0. The quantitative estimate of drug-likeness (QED) is 0.0118. The van der Waals surface area contributed by atoms with E-state index in [0.717, 1.165) is 129 Å². The highest BCUT2D eigenvalue weighted by molar-refractivity contribution is 5.97. The molecule has 59 heteroatoms. The number of amides is 2. The van der Waals surface area contributed by atoms with Gasteiger partial charge in [0.2, 0.25) is 11.4 Å².